The Hall–Kier alpha value is -2.04. The molecule has 0 saturated carbocycles. The second-order valence-electron chi connectivity index (χ2n) is 6.17. The number of amides is 1. The summed E-state index contributed by atoms with van der Waals surface area (Å²) >= 11 is 12.1. The SMILES string of the molecule is CC1(C(=O)NCCc2cccc(Cl)c2Cl)Cc2ccccc2C(=O)O1. The molecule has 1 amide bonds. The van der Waals surface area contributed by atoms with Crippen molar-refractivity contribution in [2.75, 3.05) is 6.54 Å². The van der Waals surface area contributed by atoms with Crippen LogP contribution in [0.25, 0.3) is 0 Å². The maximum atomic E-state index is 12.6. The van der Waals surface area contributed by atoms with Crippen LogP contribution in [-0.2, 0) is 22.4 Å². The van der Waals surface area contributed by atoms with Crippen LogP contribution in [0.4, 0.5) is 0 Å². The molecule has 1 aliphatic rings. The fraction of sp³-hybridized carbons (Fsp3) is 0.263. The molecule has 1 unspecified atom stereocenters. The summed E-state index contributed by atoms with van der Waals surface area (Å²) in [7, 11) is 0. The molecule has 0 aliphatic carbocycles. The second kappa shape index (κ2) is 7.06. The highest BCUT2D eigenvalue weighted by Crippen LogP contribution is 2.28. The molecule has 2 aromatic rings. The number of benzene rings is 2. The standard InChI is InChI=1S/C19H17Cl2NO3/c1-19(11-13-5-2-3-7-14(13)17(23)25-19)18(24)22-10-9-12-6-4-8-15(20)16(12)21/h2-8H,9-11H2,1H3,(H,22,24). The van der Waals surface area contributed by atoms with E-state index in [-0.39, 0.29) is 5.91 Å². The lowest BCUT2D eigenvalue weighted by molar-refractivity contribution is -0.139. The number of carbonyl (C=O) groups excluding carboxylic acids is 2. The number of halogens is 2. The van der Waals surface area contributed by atoms with E-state index in [4.69, 9.17) is 27.9 Å². The van der Waals surface area contributed by atoms with Gasteiger partial charge < -0.3 is 10.1 Å². The number of esters is 1. The smallest absolute Gasteiger partial charge is 0.339 e. The van der Waals surface area contributed by atoms with Crippen LogP contribution in [0, 0.1) is 0 Å². The van der Waals surface area contributed by atoms with Crippen LogP contribution in [0.1, 0.15) is 28.4 Å². The Morgan fingerprint density at radius 3 is 2.76 bits per heavy atom. The minimum atomic E-state index is -1.22. The fourth-order valence-corrected chi connectivity index (χ4v) is 3.31. The van der Waals surface area contributed by atoms with Crippen LogP contribution in [0.3, 0.4) is 0 Å². The van der Waals surface area contributed by atoms with Gasteiger partial charge in [-0.15, -0.1) is 0 Å². The average Bonchev–Trinajstić information content (AvgIpc) is 2.58. The van der Waals surface area contributed by atoms with Crippen molar-refractivity contribution in [2.45, 2.75) is 25.4 Å². The molecule has 0 aromatic heterocycles. The first-order valence-electron chi connectivity index (χ1n) is 7.93. The molecule has 1 aliphatic heterocycles. The highest BCUT2D eigenvalue weighted by molar-refractivity contribution is 6.42. The van der Waals surface area contributed by atoms with E-state index in [1.54, 1.807) is 25.1 Å². The summed E-state index contributed by atoms with van der Waals surface area (Å²) < 4.78 is 5.41. The molecule has 0 saturated heterocycles. The van der Waals surface area contributed by atoms with Gasteiger partial charge in [-0.2, -0.15) is 0 Å². The van der Waals surface area contributed by atoms with Crippen molar-refractivity contribution in [3.05, 3.63) is 69.2 Å². The topological polar surface area (TPSA) is 55.4 Å². The van der Waals surface area contributed by atoms with Crippen molar-refractivity contribution in [1.82, 2.24) is 5.32 Å². The lowest BCUT2D eigenvalue weighted by atomic mass is 9.89. The summed E-state index contributed by atoms with van der Waals surface area (Å²) in [5.41, 5.74) is 0.960. The quantitative estimate of drug-likeness (QED) is 0.823. The predicted molar refractivity (Wildman–Crippen MR) is 97.1 cm³/mol. The molecule has 0 bridgehead atoms. The molecule has 25 heavy (non-hydrogen) atoms. The summed E-state index contributed by atoms with van der Waals surface area (Å²) in [6, 6.07) is 12.6. The van der Waals surface area contributed by atoms with Crippen molar-refractivity contribution in [3.8, 4) is 0 Å². The van der Waals surface area contributed by atoms with Crippen molar-refractivity contribution in [2.24, 2.45) is 0 Å². The summed E-state index contributed by atoms with van der Waals surface area (Å²) in [6.07, 6.45) is 0.879. The number of nitrogens with one attached hydrogen (secondary N) is 1. The Balaban J connectivity index is 1.65. The normalized spacial score (nSPS) is 19.1. The zero-order valence-electron chi connectivity index (χ0n) is 13.6. The van der Waals surface area contributed by atoms with Gasteiger partial charge in [0.2, 0.25) is 0 Å². The minimum Gasteiger partial charge on any atom is -0.445 e. The number of hydrogen-bond donors (Lipinski definition) is 1. The van der Waals surface area contributed by atoms with E-state index < -0.39 is 11.6 Å². The molecule has 0 fully saturated rings. The summed E-state index contributed by atoms with van der Waals surface area (Å²) in [6.45, 7) is 2.00. The Kier molecular flexibility index (Phi) is 5.02. The number of rotatable bonds is 4. The third-order valence-corrected chi connectivity index (χ3v) is 5.13. The number of ether oxygens (including phenoxy) is 1. The lowest BCUT2D eigenvalue weighted by Gasteiger charge is -2.33. The first-order chi connectivity index (χ1) is 11.9. The van der Waals surface area contributed by atoms with Crippen molar-refractivity contribution in [1.29, 1.82) is 0 Å². The molecule has 2 aromatic carbocycles. The number of hydrogen-bond acceptors (Lipinski definition) is 3. The largest absolute Gasteiger partial charge is 0.445 e. The minimum absolute atomic E-state index is 0.325. The van der Waals surface area contributed by atoms with Crippen LogP contribution < -0.4 is 5.32 Å². The fourth-order valence-electron chi connectivity index (χ4n) is 2.90. The van der Waals surface area contributed by atoms with Gasteiger partial charge in [-0.25, -0.2) is 4.79 Å². The average molecular weight is 378 g/mol. The van der Waals surface area contributed by atoms with Gasteiger partial charge in [-0.1, -0.05) is 53.5 Å². The first kappa shape index (κ1) is 17.8. The Bertz CT molecular complexity index is 837. The van der Waals surface area contributed by atoms with Gasteiger partial charge in [0.15, 0.2) is 5.60 Å². The van der Waals surface area contributed by atoms with E-state index in [2.05, 4.69) is 5.32 Å². The summed E-state index contributed by atoms with van der Waals surface area (Å²) in [4.78, 5) is 24.7. The van der Waals surface area contributed by atoms with Gasteiger partial charge >= 0.3 is 5.97 Å². The predicted octanol–water partition coefficient (Wildman–Crippen LogP) is 3.82. The molecule has 3 rings (SSSR count). The number of carbonyl (C=O) groups is 2. The van der Waals surface area contributed by atoms with Gasteiger partial charge in [-0.3, -0.25) is 4.79 Å². The molecule has 1 atom stereocenters. The third kappa shape index (κ3) is 3.65. The molecule has 0 spiro atoms. The van der Waals surface area contributed by atoms with Gasteiger partial charge in [0.1, 0.15) is 0 Å². The van der Waals surface area contributed by atoms with E-state index >= 15 is 0 Å². The van der Waals surface area contributed by atoms with Crippen LogP contribution in [-0.4, -0.2) is 24.0 Å². The van der Waals surface area contributed by atoms with E-state index in [0.717, 1.165) is 11.1 Å². The third-order valence-electron chi connectivity index (χ3n) is 4.27. The Labute approximate surface area is 156 Å². The maximum Gasteiger partial charge on any atom is 0.339 e. The van der Waals surface area contributed by atoms with E-state index in [1.165, 1.54) is 0 Å². The molecular formula is C19H17Cl2NO3. The monoisotopic (exact) mass is 377 g/mol. The lowest BCUT2D eigenvalue weighted by Crippen LogP contribution is -2.52. The Morgan fingerprint density at radius 1 is 1.20 bits per heavy atom. The van der Waals surface area contributed by atoms with Gasteiger partial charge in [0.05, 0.1) is 15.6 Å². The molecule has 0 radical (unpaired) electrons. The number of cyclic esters (lactones) is 1. The summed E-state index contributed by atoms with van der Waals surface area (Å²) in [5.74, 6) is -0.800. The van der Waals surface area contributed by atoms with Gasteiger partial charge in [0, 0.05) is 13.0 Å². The van der Waals surface area contributed by atoms with Crippen LogP contribution in [0.2, 0.25) is 10.0 Å². The molecular weight excluding hydrogens is 361 g/mol. The van der Waals surface area contributed by atoms with E-state index in [1.807, 2.05) is 24.3 Å². The van der Waals surface area contributed by atoms with E-state index in [0.29, 0.717) is 35.0 Å². The highest BCUT2D eigenvalue weighted by atomic mass is 35.5. The van der Waals surface area contributed by atoms with Gasteiger partial charge in [-0.05, 0) is 36.6 Å². The van der Waals surface area contributed by atoms with Crippen LogP contribution in [0.15, 0.2) is 42.5 Å². The van der Waals surface area contributed by atoms with E-state index in [9.17, 15) is 9.59 Å². The maximum absolute atomic E-state index is 12.6. The van der Waals surface area contributed by atoms with Crippen LogP contribution in [0.5, 0.6) is 0 Å². The Morgan fingerprint density at radius 2 is 1.96 bits per heavy atom. The zero-order valence-corrected chi connectivity index (χ0v) is 15.2. The summed E-state index contributed by atoms with van der Waals surface area (Å²) in [5, 5.41) is 3.79. The molecule has 6 heteroatoms. The van der Waals surface area contributed by atoms with Crippen molar-refractivity contribution >= 4 is 35.1 Å². The van der Waals surface area contributed by atoms with Crippen molar-refractivity contribution in [3.63, 3.8) is 0 Å². The number of fused-ring (bicyclic) bond motifs is 1. The molecule has 1 N–H and O–H groups in total. The van der Waals surface area contributed by atoms with Crippen LogP contribution >= 0.6 is 23.2 Å². The zero-order chi connectivity index (χ0) is 18.0. The molecule has 130 valence electrons. The molecule has 1 heterocycles. The molecule has 4 nitrogen and oxygen atoms in total. The highest BCUT2D eigenvalue weighted by Gasteiger charge is 2.42. The van der Waals surface area contributed by atoms with Crippen molar-refractivity contribution < 1.29 is 14.3 Å². The second-order valence-corrected chi connectivity index (χ2v) is 6.96. The first-order valence-corrected chi connectivity index (χ1v) is 8.69. The van der Waals surface area contributed by atoms with Gasteiger partial charge in [0.25, 0.3) is 5.91 Å².